The summed E-state index contributed by atoms with van der Waals surface area (Å²) in [7, 11) is 2.17. The van der Waals surface area contributed by atoms with Gasteiger partial charge in [0.2, 0.25) is 0 Å². The van der Waals surface area contributed by atoms with E-state index in [2.05, 4.69) is 145 Å². The molecule has 2 unspecified atom stereocenters. The van der Waals surface area contributed by atoms with Crippen LogP contribution in [0.5, 0.6) is 0 Å². The van der Waals surface area contributed by atoms with E-state index < -0.39 is 0 Å². The van der Waals surface area contributed by atoms with Gasteiger partial charge in [0.15, 0.2) is 0 Å². The van der Waals surface area contributed by atoms with E-state index in [4.69, 9.17) is 0 Å². The molecule has 0 saturated carbocycles. The molecule has 1 N–H and O–H groups in total. The number of anilines is 1. The summed E-state index contributed by atoms with van der Waals surface area (Å²) in [5.41, 5.74) is 7.16. The zero-order valence-corrected chi connectivity index (χ0v) is 23.4. The summed E-state index contributed by atoms with van der Waals surface area (Å²) in [4.78, 5) is 3.94. The summed E-state index contributed by atoms with van der Waals surface area (Å²) in [6.07, 6.45) is 18.1. The number of fused-ring (bicyclic) bond motifs is 2. The third-order valence-corrected chi connectivity index (χ3v) is 8.29. The maximum Gasteiger partial charge on any atom is 0.135 e. The molecular formula is C34H45N2+. The lowest BCUT2D eigenvalue weighted by Crippen LogP contribution is -3.10. The Morgan fingerprint density at radius 1 is 0.861 bits per heavy atom. The average molecular weight is 482 g/mol. The fraction of sp³-hybridized carbons (Fsp3) is 0.412. The molecule has 2 atom stereocenters. The quantitative estimate of drug-likeness (QED) is 0.389. The van der Waals surface area contributed by atoms with Crippen molar-refractivity contribution in [1.29, 1.82) is 0 Å². The van der Waals surface area contributed by atoms with Gasteiger partial charge < -0.3 is 4.90 Å². The number of benzene rings is 2. The molecule has 2 aromatic rings. The highest BCUT2D eigenvalue weighted by Gasteiger charge is 2.47. The lowest BCUT2D eigenvalue weighted by atomic mass is 9.80. The second kappa shape index (κ2) is 10.6. The van der Waals surface area contributed by atoms with Crippen LogP contribution in [-0.2, 0) is 10.8 Å². The smallest absolute Gasteiger partial charge is 0.135 e. The number of allylic oxidation sites excluding steroid dienone is 7. The van der Waals surface area contributed by atoms with Crippen LogP contribution in [0.3, 0.4) is 0 Å². The van der Waals surface area contributed by atoms with Crippen LogP contribution in [0, 0.1) is 5.92 Å². The monoisotopic (exact) mass is 481 g/mol. The molecule has 2 aliphatic rings. The predicted molar refractivity (Wildman–Crippen MR) is 156 cm³/mol. The molecule has 0 spiro atoms. The van der Waals surface area contributed by atoms with Gasteiger partial charge in [-0.2, -0.15) is 0 Å². The van der Waals surface area contributed by atoms with E-state index in [0.29, 0.717) is 6.04 Å². The van der Waals surface area contributed by atoms with Crippen LogP contribution in [0.25, 0.3) is 0 Å². The van der Waals surface area contributed by atoms with Crippen LogP contribution < -0.4 is 9.80 Å². The third-order valence-electron chi connectivity index (χ3n) is 8.29. The topological polar surface area (TPSA) is 7.68 Å². The summed E-state index contributed by atoms with van der Waals surface area (Å²) >= 11 is 0. The Morgan fingerprint density at radius 2 is 1.50 bits per heavy atom. The van der Waals surface area contributed by atoms with Gasteiger partial charge >= 0.3 is 0 Å². The Bertz CT molecular complexity index is 1180. The van der Waals surface area contributed by atoms with Gasteiger partial charge in [-0.25, -0.2) is 0 Å². The maximum absolute atomic E-state index is 2.43. The van der Waals surface area contributed by atoms with Crippen LogP contribution in [0.4, 0.5) is 11.4 Å². The van der Waals surface area contributed by atoms with Crippen molar-refractivity contribution in [2.75, 3.05) is 18.5 Å². The molecule has 2 aromatic carbocycles. The first-order chi connectivity index (χ1) is 17.2. The van der Waals surface area contributed by atoms with E-state index in [9.17, 15) is 0 Å². The molecular weight excluding hydrogens is 436 g/mol. The van der Waals surface area contributed by atoms with Gasteiger partial charge in [-0.15, -0.1) is 0 Å². The molecule has 0 aliphatic carbocycles. The SMILES string of the molecule is CC(C)CCC[NH+]1c2ccccc2C(C)(C)C1/C=C/C=C/C=C/C=C1/N(C)c2ccccc2C1(C)C. The highest BCUT2D eigenvalue weighted by molar-refractivity contribution is 5.70. The second-order valence-corrected chi connectivity index (χ2v) is 12.0. The van der Waals surface area contributed by atoms with Crippen molar-refractivity contribution in [3.05, 3.63) is 108 Å². The standard InChI is InChI=1S/C34H44N2/c1-26(2)18-17-25-36-30-22-16-14-20-28(30)34(5,6)32(36)24-12-10-8-9-11-23-31-33(3,4)27-19-13-15-21-29(27)35(31)7/h8-16,19-24,26,32H,17-18,25H2,1-7H3/p+1/b10-8+,11-9+,24-12+,31-23+. The Labute approximate surface area is 219 Å². The number of quaternary nitrogens is 1. The molecule has 2 nitrogen and oxygen atoms in total. The average Bonchev–Trinajstić information content (AvgIpc) is 3.17. The number of likely N-dealkylation sites (N-methyl/N-ethyl adjacent to an activating group) is 1. The number of hydrogen-bond donors (Lipinski definition) is 1. The fourth-order valence-corrected chi connectivity index (χ4v) is 6.26. The molecule has 2 aliphatic heterocycles. The van der Waals surface area contributed by atoms with Gasteiger partial charge in [0.05, 0.1) is 12.0 Å². The van der Waals surface area contributed by atoms with Gasteiger partial charge in [0.25, 0.3) is 0 Å². The van der Waals surface area contributed by atoms with Crippen LogP contribution in [0.2, 0.25) is 0 Å². The minimum Gasteiger partial charge on any atom is -0.347 e. The lowest BCUT2D eigenvalue weighted by molar-refractivity contribution is -0.850. The largest absolute Gasteiger partial charge is 0.347 e. The first kappa shape index (κ1) is 26.2. The van der Waals surface area contributed by atoms with Gasteiger partial charge in [0.1, 0.15) is 11.7 Å². The molecule has 0 radical (unpaired) electrons. The Balaban J connectivity index is 1.45. The number of nitrogens with zero attached hydrogens (tertiary/aromatic N) is 1. The van der Waals surface area contributed by atoms with Crippen molar-refractivity contribution >= 4 is 11.4 Å². The van der Waals surface area contributed by atoms with E-state index >= 15 is 0 Å². The molecule has 0 aromatic heterocycles. The lowest BCUT2D eigenvalue weighted by Gasteiger charge is -2.27. The summed E-state index contributed by atoms with van der Waals surface area (Å²) in [5.74, 6) is 0.762. The molecule has 0 amide bonds. The summed E-state index contributed by atoms with van der Waals surface area (Å²) in [5, 5.41) is 0. The molecule has 0 fully saturated rings. The van der Waals surface area contributed by atoms with E-state index in [-0.39, 0.29) is 10.8 Å². The number of hydrogen-bond acceptors (Lipinski definition) is 1. The van der Waals surface area contributed by atoms with Crippen LogP contribution in [0.15, 0.2) is 96.8 Å². The van der Waals surface area contributed by atoms with Crippen molar-refractivity contribution in [3.8, 4) is 0 Å². The highest BCUT2D eigenvalue weighted by atomic mass is 15.2. The first-order valence-corrected chi connectivity index (χ1v) is 13.7. The molecule has 36 heavy (non-hydrogen) atoms. The molecule has 0 bridgehead atoms. The number of para-hydroxylation sites is 2. The van der Waals surface area contributed by atoms with Crippen LogP contribution in [-0.4, -0.2) is 19.6 Å². The fourth-order valence-electron chi connectivity index (χ4n) is 6.26. The summed E-state index contributed by atoms with van der Waals surface area (Å²) in [6, 6.07) is 18.2. The number of rotatable bonds is 8. The van der Waals surface area contributed by atoms with E-state index in [1.807, 2.05) is 0 Å². The summed E-state index contributed by atoms with van der Waals surface area (Å²) < 4.78 is 0. The minimum atomic E-state index is 0.0180. The maximum atomic E-state index is 2.43. The van der Waals surface area contributed by atoms with Crippen molar-refractivity contribution in [2.24, 2.45) is 5.92 Å². The van der Waals surface area contributed by atoms with Crippen molar-refractivity contribution in [3.63, 3.8) is 0 Å². The predicted octanol–water partition coefficient (Wildman–Crippen LogP) is 7.28. The van der Waals surface area contributed by atoms with Gasteiger partial charge in [-0.05, 0) is 62.5 Å². The molecule has 190 valence electrons. The van der Waals surface area contributed by atoms with Crippen LogP contribution in [0.1, 0.15) is 65.5 Å². The third kappa shape index (κ3) is 5.02. The minimum absolute atomic E-state index is 0.0180. The van der Waals surface area contributed by atoms with E-state index in [1.165, 1.54) is 47.6 Å². The Hall–Kier alpha value is -2.84. The zero-order valence-electron chi connectivity index (χ0n) is 23.4. The second-order valence-electron chi connectivity index (χ2n) is 12.0. The highest BCUT2D eigenvalue weighted by Crippen LogP contribution is 2.46. The van der Waals surface area contributed by atoms with Crippen molar-refractivity contribution < 1.29 is 4.90 Å². The van der Waals surface area contributed by atoms with Crippen molar-refractivity contribution in [1.82, 2.24) is 0 Å². The van der Waals surface area contributed by atoms with Gasteiger partial charge in [-0.3, -0.25) is 4.90 Å². The Morgan fingerprint density at radius 3 is 2.22 bits per heavy atom. The molecule has 0 saturated heterocycles. The van der Waals surface area contributed by atoms with Gasteiger partial charge in [0, 0.05) is 29.4 Å². The normalized spacial score (nSPS) is 23.6. The van der Waals surface area contributed by atoms with E-state index in [0.717, 1.165) is 5.92 Å². The van der Waals surface area contributed by atoms with Crippen molar-refractivity contribution in [2.45, 2.75) is 71.3 Å². The molecule has 2 heteroatoms. The first-order valence-electron chi connectivity index (χ1n) is 13.7. The summed E-state index contributed by atoms with van der Waals surface area (Å²) in [6.45, 7) is 15.3. The van der Waals surface area contributed by atoms with E-state index in [1.54, 1.807) is 4.90 Å². The number of nitrogens with one attached hydrogen (secondary N) is 1. The zero-order chi connectivity index (χ0) is 25.9. The van der Waals surface area contributed by atoms with Gasteiger partial charge in [-0.1, -0.05) is 94.5 Å². The van der Waals surface area contributed by atoms with Crippen LogP contribution >= 0.6 is 0 Å². The Kier molecular flexibility index (Phi) is 7.76. The molecule has 4 rings (SSSR count). The molecule has 2 heterocycles.